The normalized spacial score (nSPS) is 11.0. The number of nitrogens with zero attached hydrogens (tertiary/aromatic N) is 2. The first-order valence-corrected chi connectivity index (χ1v) is 7.31. The molecule has 6 heteroatoms. The average Bonchev–Trinajstić information content (AvgIpc) is 3.02. The SMILES string of the molecule is Cc1occc1CN(C)C(=O)c1ccc2nc(N)sc2c1. The number of aryl methyl sites for hydroxylation is 1. The van der Waals surface area contributed by atoms with Crippen molar-refractivity contribution in [3.8, 4) is 0 Å². The van der Waals surface area contributed by atoms with E-state index in [2.05, 4.69) is 4.98 Å². The molecule has 0 saturated carbocycles. The summed E-state index contributed by atoms with van der Waals surface area (Å²) in [5.74, 6) is 0.796. The van der Waals surface area contributed by atoms with E-state index in [1.165, 1.54) is 11.3 Å². The Hall–Kier alpha value is -2.34. The third-order valence-electron chi connectivity index (χ3n) is 3.37. The van der Waals surface area contributed by atoms with Gasteiger partial charge >= 0.3 is 0 Å². The molecule has 21 heavy (non-hydrogen) atoms. The molecule has 0 fully saturated rings. The number of nitrogens with two attached hydrogens (primary N) is 1. The summed E-state index contributed by atoms with van der Waals surface area (Å²) >= 11 is 1.38. The number of aromatic nitrogens is 1. The molecule has 0 atom stereocenters. The molecule has 0 saturated heterocycles. The lowest BCUT2D eigenvalue weighted by molar-refractivity contribution is 0.0785. The van der Waals surface area contributed by atoms with Crippen LogP contribution in [0.4, 0.5) is 5.13 Å². The Bertz CT molecular complexity index is 806. The van der Waals surface area contributed by atoms with Crippen LogP contribution in [0.15, 0.2) is 34.9 Å². The predicted molar refractivity (Wildman–Crippen MR) is 83.3 cm³/mol. The number of benzene rings is 1. The number of carbonyl (C=O) groups is 1. The number of thiazole rings is 1. The van der Waals surface area contributed by atoms with Gasteiger partial charge in [-0.1, -0.05) is 11.3 Å². The topological polar surface area (TPSA) is 72.4 Å². The summed E-state index contributed by atoms with van der Waals surface area (Å²) in [6.07, 6.45) is 1.63. The van der Waals surface area contributed by atoms with Crippen LogP contribution >= 0.6 is 11.3 Å². The van der Waals surface area contributed by atoms with Crippen molar-refractivity contribution in [2.24, 2.45) is 0 Å². The standard InChI is InChI=1S/C15H15N3O2S/c1-9-11(5-6-20-9)8-18(2)14(19)10-3-4-12-13(7-10)21-15(16)17-12/h3-7H,8H2,1-2H3,(H2,16,17). The Morgan fingerprint density at radius 3 is 2.95 bits per heavy atom. The molecule has 0 radical (unpaired) electrons. The Morgan fingerprint density at radius 1 is 1.43 bits per heavy atom. The lowest BCUT2D eigenvalue weighted by atomic mass is 10.1. The van der Waals surface area contributed by atoms with Gasteiger partial charge in [0.25, 0.3) is 5.91 Å². The zero-order chi connectivity index (χ0) is 15.0. The third kappa shape index (κ3) is 2.62. The number of carbonyl (C=O) groups excluding carboxylic acids is 1. The number of furan rings is 1. The molecule has 5 nitrogen and oxygen atoms in total. The van der Waals surface area contributed by atoms with Crippen molar-refractivity contribution >= 4 is 32.6 Å². The molecule has 3 rings (SSSR count). The molecule has 2 N–H and O–H groups in total. The van der Waals surface area contributed by atoms with Gasteiger partial charge < -0.3 is 15.1 Å². The highest BCUT2D eigenvalue weighted by molar-refractivity contribution is 7.22. The molecule has 2 heterocycles. The minimum absolute atomic E-state index is 0.0375. The number of anilines is 1. The highest BCUT2D eigenvalue weighted by atomic mass is 32.1. The second-order valence-electron chi connectivity index (χ2n) is 4.90. The van der Waals surface area contributed by atoms with Crippen molar-refractivity contribution < 1.29 is 9.21 Å². The molecule has 3 aromatic rings. The van der Waals surface area contributed by atoms with Crippen molar-refractivity contribution in [2.45, 2.75) is 13.5 Å². The van der Waals surface area contributed by atoms with Crippen LogP contribution in [-0.4, -0.2) is 22.8 Å². The minimum atomic E-state index is -0.0375. The van der Waals surface area contributed by atoms with E-state index in [1.54, 1.807) is 24.3 Å². The zero-order valence-corrected chi connectivity index (χ0v) is 12.6. The first-order valence-electron chi connectivity index (χ1n) is 6.49. The monoisotopic (exact) mass is 301 g/mol. The van der Waals surface area contributed by atoms with Gasteiger partial charge in [0, 0.05) is 24.7 Å². The van der Waals surface area contributed by atoms with Gasteiger partial charge in [-0.15, -0.1) is 0 Å². The van der Waals surface area contributed by atoms with Gasteiger partial charge in [0.1, 0.15) is 5.76 Å². The van der Waals surface area contributed by atoms with Crippen LogP contribution in [0.2, 0.25) is 0 Å². The first kappa shape index (κ1) is 13.6. The van der Waals surface area contributed by atoms with Crippen LogP contribution in [0.1, 0.15) is 21.7 Å². The van der Waals surface area contributed by atoms with E-state index in [0.717, 1.165) is 21.5 Å². The van der Waals surface area contributed by atoms with E-state index in [4.69, 9.17) is 10.2 Å². The summed E-state index contributed by atoms with van der Waals surface area (Å²) in [5.41, 5.74) is 8.15. The molecule has 2 aromatic heterocycles. The van der Waals surface area contributed by atoms with Crippen LogP contribution < -0.4 is 5.73 Å². The average molecular weight is 301 g/mol. The van der Waals surface area contributed by atoms with Crippen LogP contribution in [0.5, 0.6) is 0 Å². The number of nitrogen functional groups attached to an aromatic ring is 1. The summed E-state index contributed by atoms with van der Waals surface area (Å²) < 4.78 is 6.18. The van der Waals surface area contributed by atoms with E-state index in [9.17, 15) is 4.79 Å². The van der Waals surface area contributed by atoms with E-state index in [0.29, 0.717) is 17.2 Å². The van der Waals surface area contributed by atoms with Crippen LogP contribution in [0, 0.1) is 6.92 Å². The number of amides is 1. The van der Waals surface area contributed by atoms with Crippen molar-refractivity contribution in [2.75, 3.05) is 12.8 Å². The van der Waals surface area contributed by atoms with Crippen molar-refractivity contribution in [3.05, 3.63) is 47.4 Å². The van der Waals surface area contributed by atoms with Crippen molar-refractivity contribution in [1.82, 2.24) is 9.88 Å². The Morgan fingerprint density at radius 2 is 2.24 bits per heavy atom. The fourth-order valence-corrected chi connectivity index (χ4v) is 2.97. The summed E-state index contributed by atoms with van der Waals surface area (Å²) in [5, 5.41) is 0.511. The van der Waals surface area contributed by atoms with E-state index in [-0.39, 0.29) is 5.91 Å². The molecule has 0 spiro atoms. The molecule has 0 aliphatic carbocycles. The predicted octanol–water partition coefficient (Wildman–Crippen LogP) is 3.05. The lowest BCUT2D eigenvalue weighted by Crippen LogP contribution is -2.26. The fourth-order valence-electron chi connectivity index (χ4n) is 2.20. The smallest absolute Gasteiger partial charge is 0.253 e. The summed E-state index contributed by atoms with van der Waals surface area (Å²) in [4.78, 5) is 18.3. The van der Waals surface area contributed by atoms with Crippen LogP contribution in [-0.2, 0) is 6.54 Å². The first-order chi connectivity index (χ1) is 10.0. The molecule has 0 unspecified atom stereocenters. The number of rotatable bonds is 3. The maximum Gasteiger partial charge on any atom is 0.253 e. The quantitative estimate of drug-likeness (QED) is 0.807. The molecule has 0 aliphatic rings. The van der Waals surface area contributed by atoms with E-state index < -0.39 is 0 Å². The van der Waals surface area contributed by atoms with Gasteiger partial charge in [0.05, 0.1) is 16.5 Å². The Kier molecular flexibility index (Phi) is 3.39. The van der Waals surface area contributed by atoms with Gasteiger partial charge in [-0.3, -0.25) is 4.79 Å². The fraction of sp³-hybridized carbons (Fsp3) is 0.200. The van der Waals surface area contributed by atoms with Gasteiger partial charge in [0.2, 0.25) is 0 Å². The second-order valence-corrected chi connectivity index (χ2v) is 5.96. The van der Waals surface area contributed by atoms with Crippen molar-refractivity contribution in [1.29, 1.82) is 0 Å². The minimum Gasteiger partial charge on any atom is -0.469 e. The number of hydrogen-bond acceptors (Lipinski definition) is 5. The molecule has 1 amide bonds. The summed E-state index contributed by atoms with van der Waals surface area (Å²) in [6.45, 7) is 2.41. The maximum absolute atomic E-state index is 12.5. The number of fused-ring (bicyclic) bond motifs is 1. The molecular weight excluding hydrogens is 286 g/mol. The van der Waals surface area contributed by atoms with Crippen LogP contribution in [0.3, 0.4) is 0 Å². The summed E-state index contributed by atoms with van der Waals surface area (Å²) in [6, 6.07) is 7.32. The summed E-state index contributed by atoms with van der Waals surface area (Å²) in [7, 11) is 1.78. The maximum atomic E-state index is 12.5. The molecular formula is C15H15N3O2S. The van der Waals surface area contributed by atoms with E-state index in [1.807, 2.05) is 25.1 Å². The largest absolute Gasteiger partial charge is 0.469 e. The molecule has 108 valence electrons. The van der Waals surface area contributed by atoms with E-state index >= 15 is 0 Å². The third-order valence-corrected chi connectivity index (χ3v) is 4.22. The second kappa shape index (κ2) is 5.21. The van der Waals surface area contributed by atoms with Gasteiger partial charge in [-0.2, -0.15) is 0 Å². The van der Waals surface area contributed by atoms with Crippen LogP contribution in [0.25, 0.3) is 10.2 Å². The molecule has 0 aliphatic heterocycles. The van der Waals surface area contributed by atoms with Gasteiger partial charge in [-0.25, -0.2) is 4.98 Å². The highest BCUT2D eigenvalue weighted by Gasteiger charge is 2.15. The lowest BCUT2D eigenvalue weighted by Gasteiger charge is -2.16. The highest BCUT2D eigenvalue weighted by Crippen LogP contribution is 2.25. The Balaban J connectivity index is 1.83. The Labute approximate surface area is 126 Å². The molecule has 0 bridgehead atoms. The molecule has 1 aromatic carbocycles. The van der Waals surface area contributed by atoms with Gasteiger partial charge in [-0.05, 0) is 31.2 Å². The zero-order valence-electron chi connectivity index (χ0n) is 11.8. The van der Waals surface area contributed by atoms with Gasteiger partial charge in [0.15, 0.2) is 5.13 Å². The number of hydrogen-bond donors (Lipinski definition) is 1. The van der Waals surface area contributed by atoms with Crippen molar-refractivity contribution in [3.63, 3.8) is 0 Å².